The minimum atomic E-state index is -0.120. The van der Waals surface area contributed by atoms with Crippen LogP contribution in [0.4, 0.5) is 11.4 Å². The molecule has 5 aromatic rings. The van der Waals surface area contributed by atoms with Crippen molar-refractivity contribution in [3.05, 3.63) is 103 Å². The Hall–Kier alpha value is -4.25. The molecule has 156 valence electrons. The molecule has 32 heavy (non-hydrogen) atoms. The summed E-state index contributed by atoms with van der Waals surface area (Å²) in [7, 11) is 1.68. The van der Waals surface area contributed by atoms with Crippen molar-refractivity contribution in [1.29, 1.82) is 0 Å². The summed E-state index contributed by atoms with van der Waals surface area (Å²) in [5.41, 5.74) is 6.30. The Morgan fingerprint density at radius 3 is 2.12 bits per heavy atom. The zero-order chi connectivity index (χ0) is 21.5. The molecule has 4 aromatic carbocycles. The Balaban J connectivity index is 1.48. The van der Waals surface area contributed by atoms with Gasteiger partial charge >= 0.3 is 0 Å². The Morgan fingerprint density at radius 1 is 0.781 bits per heavy atom. The highest BCUT2D eigenvalue weighted by Gasteiger charge is 2.25. The van der Waals surface area contributed by atoms with Crippen LogP contribution in [0.1, 0.15) is 11.7 Å². The summed E-state index contributed by atoms with van der Waals surface area (Å²) in [6, 6.07) is 31.0. The van der Waals surface area contributed by atoms with Gasteiger partial charge in [-0.2, -0.15) is 5.10 Å². The van der Waals surface area contributed by atoms with Crippen LogP contribution in [-0.2, 0) is 0 Å². The van der Waals surface area contributed by atoms with Gasteiger partial charge in [-0.3, -0.25) is 0 Å². The Morgan fingerprint density at radius 2 is 1.47 bits per heavy atom. The van der Waals surface area contributed by atoms with Crippen LogP contribution in [0.25, 0.3) is 27.7 Å². The highest BCUT2D eigenvalue weighted by molar-refractivity contribution is 6.04. The Kier molecular flexibility index (Phi) is 4.32. The van der Waals surface area contributed by atoms with Crippen LogP contribution >= 0.6 is 0 Å². The largest absolute Gasteiger partial charge is 0.497 e. The topological polar surface area (TPSA) is 51.1 Å². The summed E-state index contributed by atoms with van der Waals surface area (Å²) in [5.74, 6) is 0.826. The maximum Gasteiger partial charge on any atom is 0.127 e. The lowest BCUT2D eigenvalue weighted by molar-refractivity contribution is 0.415. The second kappa shape index (κ2) is 7.46. The monoisotopic (exact) mass is 418 g/mol. The first-order chi connectivity index (χ1) is 15.8. The molecule has 0 bridgehead atoms. The van der Waals surface area contributed by atoms with Crippen molar-refractivity contribution in [3.63, 3.8) is 0 Å². The van der Waals surface area contributed by atoms with Gasteiger partial charge in [-0.05, 0) is 53.9 Å². The number of benzene rings is 4. The quantitative estimate of drug-likeness (QED) is 0.363. The SMILES string of the molecule is COc1ccc(-c2nn(-c3ccccc3)cc2C2Nc3cccc4cccc(c34)N2)cc1. The van der Waals surface area contributed by atoms with Gasteiger partial charge in [0.1, 0.15) is 11.9 Å². The van der Waals surface area contributed by atoms with Crippen molar-refractivity contribution in [3.8, 4) is 22.7 Å². The summed E-state index contributed by atoms with van der Waals surface area (Å²) in [6.45, 7) is 0. The lowest BCUT2D eigenvalue weighted by Crippen LogP contribution is -2.23. The van der Waals surface area contributed by atoms with Gasteiger partial charge in [-0.1, -0.05) is 42.5 Å². The number of hydrogen-bond donors (Lipinski definition) is 2. The number of hydrogen-bond acceptors (Lipinski definition) is 4. The number of anilines is 2. The number of ether oxygens (including phenoxy) is 1. The van der Waals surface area contributed by atoms with Crippen molar-refractivity contribution < 1.29 is 4.74 Å². The lowest BCUT2D eigenvalue weighted by atomic mass is 10.0. The van der Waals surface area contributed by atoms with Crippen LogP contribution in [0.3, 0.4) is 0 Å². The van der Waals surface area contributed by atoms with E-state index in [2.05, 4.69) is 77.5 Å². The third-order valence-corrected chi connectivity index (χ3v) is 5.94. The number of rotatable bonds is 4. The van der Waals surface area contributed by atoms with E-state index in [1.54, 1.807) is 7.11 Å². The molecule has 0 amide bonds. The molecule has 0 unspecified atom stereocenters. The van der Waals surface area contributed by atoms with Crippen molar-refractivity contribution >= 4 is 22.1 Å². The highest BCUT2D eigenvalue weighted by atomic mass is 16.5. The second-order valence-electron chi connectivity index (χ2n) is 7.87. The summed E-state index contributed by atoms with van der Waals surface area (Å²) in [5, 5.41) is 14.8. The number of nitrogens with one attached hydrogen (secondary N) is 2. The molecule has 6 rings (SSSR count). The fourth-order valence-corrected chi connectivity index (χ4v) is 4.37. The summed E-state index contributed by atoms with van der Waals surface area (Å²) >= 11 is 0. The smallest absolute Gasteiger partial charge is 0.127 e. The Labute approximate surface area is 186 Å². The van der Waals surface area contributed by atoms with E-state index in [1.165, 1.54) is 10.8 Å². The predicted octanol–water partition coefficient (Wildman–Crippen LogP) is 6.24. The zero-order valence-corrected chi connectivity index (χ0v) is 17.6. The van der Waals surface area contributed by atoms with Crippen LogP contribution in [0.5, 0.6) is 5.75 Å². The fraction of sp³-hybridized carbons (Fsp3) is 0.0741. The summed E-state index contributed by atoms with van der Waals surface area (Å²) in [4.78, 5) is 0. The molecule has 0 aliphatic carbocycles. The van der Waals surface area contributed by atoms with Gasteiger partial charge in [0.15, 0.2) is 0 Å². The van der Waals surface area contributed by atoms with Gasteiger partial charge in [-0.25, -0.2) is 4.68 Å². The molecule has 1 aromatic heterocycles. The molecule has 5 nitrogen and oxygen atoms in total. The van der Waals surface area contributed by atoms with E-state index in [1.807, 2.05) is 35.0 Å². The molecule has 0 fully saturated rings. The van der Waals surface area contributed by atoms with Crippen LogP contribution in [0.2, 0.25) is 0 Å². The molecule has 0 atom stereocenters. The first kappa shape index (κ1) is 18.5. The van der Waals surface area contributed by atoms with Crippen molar-refractivity contribution in [2.45, 2.75) is 6.17 Å². The number of aromatic nitrogens is 2. The Bertz CT molecular complexity index is 1370. The van der Waals surface area contributed by atoms with E-state index < -0.39 is 0 Å². The van der Waals surface area contributed by atoms with Gasteiger partial charge < -0.3 is 15.4 Å². The van der Waals surface area contributed by atoms with E-state index in [0.717, 1.165) is 39.6 Å². The second-order valence-corrected chi connectivity index (χ2v) is 7.87. The van der Waals surface area contributed by atoms with Crippen molar-refractivity contribution in [1.82, 2.24) is 9.78 Å². The normalized spacial score (nSPS) is 12.9. The van der Waals surface area contributed by atoms with E-state index in [0.29, 0.717) is 0 Å². The van der Waals surface area contributed by atoms with Gasteiger partial charge in [0.25, 0.3) is 0 Å². The molecular weight excluding hydrogens is 396 g/mol. The molecule has 2 N–H and O–H groups in total. The molecule has 0 spiro atoms. The van der Waals surface area contributed by atoms with Crippen LogP contribution in [0, 0.1) is 0 Å². The number of para-hydroxylation sites is 1. The minimum Gasteiger partial charge on any atom is -0.497 e. The molecule has 2 heterocycles. The highest BCUT2D eigenvalue weighted by Crippen LogP contribution is 2.40. The van der Waals surface area contributed by atoms with Gasteiger partial charge in [0, 0.05) is 34.1 Å². The maximum atomic E-state index is 5.35. The van der Waals surface area contributed by atoms with Crippen molar-refractivity contribution in [2.75, 3.05) is 17.7 Å². The molecule has 0 radical (unpaired) electrons. The lowest BCUT2D eigenvalue weighted by Gasteiger charge is -2.29. The summed E-state index contributed by atoms with van der Waals surface area (Å²) < 4.78 is 7.29. The maximum absolute atomic E-state index is 5.35. The molecule has 1 aliphatic rings. The van der Waals surface area contributed by atoms with Crippen LogP contribution in [-0.4, -0.2) is 16.9 Å². The third kappa shape index (κ3) is 3.06. The van der Waals surface area contributed by atoms with Crippen LogP contribution < -0.4 is 15.4 Å². The molecule has 5 heteroatoms. The predicted molar refractivity (Wildman–Crippen MR) is 129 cm³/mol. The number of nitrogens with zero attached hydrogens (tertiary/aromatic N) is 2. The van der Waals surface area contributed by atoms with E-state index in [-0.39, 0.29) is 6.17 Å². The van der Waals surface area contributed by atoms with Crippen molar-refractivity contribution in [2.24, 2.45) is 0 Å². The molecule has 0 saturated heterocycles. The fourth-order valence-electron chi connectivity index (χ4n) is 4.37. The van der Waals surface area contributed by atoms with Crippen LogP contribution in [0.15, 0.2) is 97.2 Å². The molecule has 1 aliphatic heterocycles. The van der Waals surface area contributed by atoms with E-state index in [9.17, 15) is 0 Å². The van der Waals surface area contributed by atoms with E-state index in [4.69, 9.17) is 9.84 Å². The van der Waals surface area contributed by atoms with E-state index >= 15 is 0 Å². The third-order valence-electron chi connectivity index (χ3n) is 5.94. The summed E-state index contributed by atoms with van der Waals surface area (Å²) in [6.07, 6.45) is 1.98. The standard InChI is InChI=1S/C27H22N4O/c1-32-21-15-13-19(14-16-21)26-22(17-31(30-26)20-9-3-2-4-10-20)27-28-23-11-5-7-18-8-6-12-24(29-27)25(18)23/h2-17,27-29H,1H3. The molecule has 0 saturated carbocycles. The average molecular weight is 419 g/mol. The average Bonchev–Trinajstić information content (AvgIpc) is 3.31. The zero-order valence-electron chi connectivity index (χ0n) is 17.6. The van der Waals surface area contributed by atoms with Gasteiger partial charge in [0.05, 0.1) is 18.5 Å². The molecular formula is C27H22N4O. The number of methoxy groups -OCH3 is 1. The van der Waals surface area contributed by atoms with Gasteiger partial charge in [0.2, 0.25) is 0 Å². The first-order valence-electron chi connectivity index (χ1n) is 10.6. The first-order valence-corrected chi connectivity index (χ1v) is 10.6. The minimum absolute atomic E-state index is 0.120. The van der Waals surface area contributed by atoms with Gasteiger partial charge in [-0.15, -0.1) is 0 Å².